The van der Waals surface area contributed by atoms with Gasteiger partial charge in [0, 0.05) is 29.0 Å². The van der Waals surface area contributed by atoms with Gasteiger partial charge in [0.05, 0.1) is 11.1 Å². The second-order valence-corrected chi connectivity index (χ2v) is 6.80. The van der Waals surface area contributed by atoms with E-state index in [1.165, 1.54) is 22.9 Å². The Morgan fingerprint density at radius 3 is 3.06 bits per heavy atom. The van der Waals surface area contributed by atoms with E-state index in [-0.39, 0.29) is 0 Å². The quantitative estimate of drug-likeness (QED) is 0.917. The maximum Gasteiger partial charge on any atom is 0.0595 e. The lowest BCUT2D eigenvalue weighted by Crippen LogP contribution is -2.47. The van der Waals surface area contributed by atoms with E-state index < -0.39 is 0 Å². The van der Waals surface area contributed by atoms with Crippen LogP contribution in [-0.2, 0) is 0 Å². The molecule has 1 aromatic heterocycles. The zero-order valence-electron chi connectivity index (χ0n) is 10.3. The molecule has 0 radical (unpaired) electrons. The van der Waals surface area contributed by atoms with E-state index in [4.69, 9.17) is 11.6 Å². The second-order valence-electron chi connectivity index (χ2n) is 4.29. The molecule has 0 amide bonds. The highest BCUT2D eigenvalue weighted by atomic mass is 35.5. The number of nitrogens with zero attached hydrogens (tertiary/aromatic N) is 1. The van der Waals surface area contributed by atoms with Crippen molar-refractivity contribution < 1.29 is 0 Å². The maximum atomic E-state index is 6.28. The van der Waals surface area contributed by atoms with Crippen molar-refractivity contribution in [2.24, 2.45) is 0 Å². The zero-order chi connectivity index (χ0) is 12.3. The fourth-order valence-electron chi connectivity index (χ4n) is 2.21. The Hall–Kier alpha value is 0.260. The van der Waals surface area contributed by atoms with Gasteiger partial charge in [0.1, 0.15) is 0 Å². The number of rotatable bonds is 4. The van der Waals surface area contributed by atoms with Gasteiger partial charge in [-0.2, -0.15) is 11.8 Å². The third kappa shape index (κ3) is 3.18. The van der Waals surface area contributed by atoms with Gasteiger partial charge in [0.25, 0.3) is 0 Å². The molecule has 1 fully saturated rings. The molecule has 0 aliphatic carbocycles. The molecular formula is C12H19ClN2S2. The first-order valence-electron chi connectivity index (χ1n) is 5.98. The average molecular weight is 291 g/mol. The molecule has 1 aliphatic rings. The third-order valence-electron chi connectivity index (χ3n) is 3.18. The van der Waals surface area contributed by atoms with Crippen LogP contribution in [0.5, 0.6) is 0 Å². The van der Waals surface area contributed by atoms with Gasteiger partial charge in [0.2, 0.25) is 0 Å². The van der Waals surface area contributed by atoms with Crippen LogP contribution in [0.25, 0.3) is 0 Å². The first-order valence-corrected chi connectivity index (χ1v) is 8.39. The topological polar surface area (TPSA) is 15.3 Å². The van der Waals surface area contributed by atoms with Gasteiger partial charge in [-0.1, -0.05) is 18.5 Å². The molecule has 2 nitrogen and oxygen atoms in total. The lowest BCUT2D eigenvalue weighted by molar-refractivity contribution is 0.219. The van der Waals surface area contributed by atoms with Crippen molar-refractivity contribution in [3.63, 3.8) is 0 Å². The molecular weight excluding hydrogens is 272 g/mol. The predicted octanol–water partition coefficient (Wildman–Crippen LogP) is 3.10. The Morgan fingerprint density at radius 1 is 1.65 bits per heavy atom. The van der Waals surface area contributed by atoms with Crippen molar-refractivity contribution >= 4 is 34.7 Å². The number of halogens is 1. The number of thioether (sulfide) groups is 1. The van der Waals surface area contributed by atoms with Crippen molar-refractivity contribution in [3.8, 4) is 0 Å². The summed E-state index contributed by atoms with van der Waals surface area (Å²) in [5, 5.41) is 6.59. The van der Waals surface area contributed by atoms with Gasteiger partial charge in [-0.3, -0.25) is 4.90 Å². The summed E-state index contributed by atoms with van der Waals surface area (Å²) in [5.41, 5.74) is 0. The summed E-state index contributed by atoms with van der Waals surface area (Å²) in [6.07, 6.45) is 0. The van der Waals surface area contributed by atoms with Gasteiger partial charge in [-0.15, -0.1) is 11.3 Å². The number of thiophene rings is 1. The lowest BCUT2D eigenvalue weighted by Gasteiger charge is -2.37. The highest BCUT2D eigenvalue weighted by Crippen LogP contribution is 2.34. The van der Waals surface area contributed by atoms with Crippen LogP contribution in [0.3, 0.4) is 0 Å². The van der Waals surface area contributed by atoms with Crippen LogP contribution in [0.1, 0.15) is 17.8 Å². The Labute approximate surface area is 117 Å². The molecule has 96 valence electrons. The SMILES string of the molecule is CCNC(c1sccc1Cl)C1CSCCN1C. The van der Waals surface area contributed by atoms with E-state index in [1.807, 2.05) is 17.8 Å². The van der Waals surface area contributed by atoms with Crippen LogP contribution in [0, 0.1) is 0 Å². The van der Waals surface area contributed by atoms with Gasteiger partial charge >= 0.3 is 0 Å². The number of nitrogens with one attached hydrogen (secondary N) is 1. The standard InChI is InChI=1S/C12H19ClN2S2/c1-3-14-11(12-9(13)4-6-17-12)10-8-16-7-5-15(10)2/h4,6,10-11,14H,3,5,7-8H2,1-2H3. The highest BCUT2D eigenvalue weighted by molar-refractivity contribution is 7.99. The van der Waals surface area contributed by atoms with Crippen LogP contribution in [-0.4, -0.2) is 42.6 Å². The van der Waals surface area contributed by atoms with Crippen LogP contribution in [0.15, 0.2) is 11.4 Å². The third-order valence-corrected chi connectivity index (χ3v) is 5.67. The van der Waals surface area contributed by atoms with Crippen LogP contribution >= 0.6 is 34.7 Å². The van der Waals surface area contributed by atoms with Gasteiger partial charge in [-0.05, 0) is 25.0 Å². The Balaban J connectivity index is 2.19. The van der Waals surface area contributed by atoms with Gasteiger partial charge < -0.3 is 5.32 Å². The molecule has 1 aliphatic heterocycles. The molecule has 0 saturated carbocycles. The summed E-state index contributed by atoms with van der Waals surface area (Å²) in [7, 11) is 2.22. The molecule has 1 saturated heterocycles. The molecule has 2 rings (SSSR count). The molecule has 0 bridgehead atoms. The monoisotopic (exact) mass is 290 g/mol. The maximum absolute atomic E-state index is 6.28. The van der Waals surface area contributed by atoms with E-state index in [0.29, 0.717) is 12.1 Å². The van der Waals surface area contributed by atoms with Gasteiger partial charge in [0.15, 0.2) is 0 Å². The minimum atomic E-state index is 0.366. The van der Waals surface area contributed by atoms with Crippen molar-refractivity contribution in [3.05, 3.63) is 21.3 Å². The minimum absolute atomic E-state index is 0.366. The van der Waals surface area contributed by atoms with Crippen molar-refractivity contribution in [1.82, 2.24) is 10.2 Å². The molecule has 2 atom stereocenters. The van der Waals surface area contributed by atoms with E-state index in [0.717, 1.165) is 11.6 Å². The molecule has 2 heterocycles. The fraction of sp³-hybridized carbons (Fsp3) is 0.667. The lowest BCUT2D eigenvalue weighted by atomic mass is 10.1. The summed E-state index contributed by atoms with van der Waals surface area (Å²) in [4.78, 5) is 3.74. The normalized spacial score (nSPS) is 23.8. The first kappa shape index (κ1) is 13.7. The summed E-state index contributed by atoms with van der Waals surface area (Å²) < 4.78 is 0. The second kappa shape index (κ2) is 6.43. The molecule has 2 unspecified atom stereocenters. The molecule has 17 heavy (non-hydrogen) atoms. The molecule has 0 aromatic carbocycles. The van der Waals surface area contributed by atoms with E-state index in [9.17, 15) is 0 Å². The Bertz CT molecular complexity index is 356. The zero-order valence-corrected chi connectivity index (χ0v) is 12.7. The molecule has 0 spiro atoms. The van der Waals surface area contributed by atoms with Crippen LogP contribution in [0.4, 0.5) is 0 Å². The molecule has 5 heteroatoms. The summed E-state index contributed by atoms with van der Waals surface area (Å²) in [6, 6.07) is 2.91. The predicted molar refractivity (Wildman–Crippen MR) is 79.5 cm³/mol. The average Bonchev–Trinajstić information content (AvgIpc) is 2.74. The van der Waals surface area contributed by atoms with Gasteiger partial charge in [-0.25, -0.2) is 0 Å². The molecule has 1 aromatic rings. The number of likely N-dealkylation sites (N-methyl/N-ethyl adjacent to an activating group) is 2. The number of hydrogen-bond donors (Lipinski definition) is 1. The summed E-state index contributed by atoms with van der Waals surface area (Å²) >= 11 is 10.1. The van der Waals surface area contributed by atoms with Crippen molar-refractivity contribution in [2.45, 2.75) is 19.0 Å². The minimum Gasteiger partial charge on any atom is -0.308 e. The first-order chi connectivity index (χ1) is 8.24. The van der Waals surface area contributed by atoms with Crippen LogP contribution < -0.4 is 5.32 Å². The van der Waals surface area contributed by atoms with Crippen molar-refractivity contribution in [1.29, 1.82) is 0 Å². The van der Waals surface area contributed by atoms with Crippen molar-refractivity contribution in [2.75, 3.05) is 31.6 Å². The smallest absolute Gasteiger partial charge is 0.0595 e. The summed E-state index contributed by atoms with van der Waals surface area (Å²) in [5.74, 6) is 2.42. The summed E-state index contributed by atoms with van der Waals surface area (Å²) in [6.45, 7) is 4.30. The molecule has 1 N–H and O–H groups in total. The largest absolute Gasteiger partial charge is 0.308 e. The Kier molecular flexibility index (Phi) is 5.18. The number of hydrogen-bond acceptors (Lipinski definition) is 4. The Morgan fingerprint density at radius 2 is 2.47 bits per heavy atom. The van der Waals surface area contributed by atoms with E-state index >= 15 is 0 Å². The van der Waals surface area contributed by atoms with E-state index in [1.54, 1.807) is 11.3 Å². The van der Waals surface area contributed by atoms with E-state index in [2.05, 4.69) is 29.6 Å². The van der Waals surface area contributed by atoms with Crippen LogP contribution in [0.2, 0.25) is 5.02 Å². The fourth-order valence-corrected chi connectivity index (χ4v) is 4.79. The highest BCUT2D eigenvalue weighted by Gasteiger charge is 2.30.